The number of ether oxygens (including phenoxy) is 2. The summed E-state index contributed by atoms with van der Waals surface area (Å²) in [4.78, 5) is 17.9. The number of carbonyl (C=O) groups is 1. The molecule has 0 radical (unpaired) electrons. The molecule has 1 heterocycles. The number of nitrogens with zero attached hydrogens (tertiary/aromatic N) is 2. The molecule has 0 aliphatic rings. The molecule has 0 aliphatic carbocycles. The van der Waals surface area contributed by atoms with Crippen LogP contribution in [0.2, 0.25) is 0 Å². The molecule has 29 heavy (non-hydrogen) atoms. The molecule has 3 aromatic carbocycles. The monoisotopic (exact) mass is 404 g/mol. The summed E-state index contributed by atoms with van der Waals surface area (Å²) in [7, 11) is 1.66. The third-order valence-electron chi connectivity index (χ3n) is 4.36. The molecule has 1 amide bonds. The zero-order valence-corrected chi connectivity index (χ0v) is 16.8. The first kappa shape index (κ1) is 19.1. The zero-order valence-electron chi connectivity index (χ0n) is 15.9. The number of benzene rings is 3. The van der Waals surface area contributed by atoms with E-state index in [0.717, 1.165) is 16.0 Å². The van der Waals surface area contributed by atoms with Crippen LogP contribution in [-0.4, -0.2) is 24.2 Å². The SMILES string of the molecule is COCCn1c(=NC(=O)c2cccc(Oc3ccccc3)c2)sc2ccccc21. The molecule has 146 valence electrons. The maximum atomic E-state index is 12.9. The van der Waals surface area contributed by atoms with Gasteiger partial charge in [0.15, 0.2) is 4.80 Å². The van der Waals surface area contributed by atoms with Crippen LogP contribution in [0.5, 0.6) is 11.5 Å². The second-order valence-electron chi connectivity index (χ2n) is 6.36. The van der Waals surface area contributed by atoms with Gasteiger partial charge in [0.2, 0.25) is 0 Å². The Morgan fingerprint density at radius 2 is 1.72 bits per heavy atom. The fourth-order valence-electron chi connectivity index (χ4n) is 2.97. The topological polar surface area (TPSA) is 52.8 Å². The van der Waals surface area contributed by atoms with E-state index in [1.165, 1.54) is 11.3 Å². The van der Waals surface area contributed by atoms with Gasteiger partial charge in [0, 0.05) is 19.2 Å². The van der Waals surface area contributed by atoms with E-state index in [4.69, 9.17) is 9.47 Å². The maximum absolute atomic E-state index is 12.9. The fourth-order valence-corrected chi connectivity index (χ4v) is 4.03. The molecule has 0 unspecified atom stereocenters. The van der Waals surface area contributed by atoms with Crippen LogP contribution in [0.15, 0.2) is 83.9 Å². The Morgan fingerprint density at radius 3 is 2.55 bits per heavy atom. The Morgan fingerprint density at radius 1 is 0.966 bits per heavy atom. The summed E-state index contributed by atoms with van der Waals surface area (Å²) >= 11 is 1.49. The Hall–Kier alpha value is -3.22. The van der Waals surface area contributed by atoms with Crippen molar-refractivity contribution in [1.82, 2.24) is 4.57 Å². The highest BCUT2D eigenvalue weighted by molar-refractivity contribution is 7.16. The number of fused-ring (bicyclic) bond motifs is 1. The van der Waals surface area contributed by atoms with Gasteiger partial charge in [-0.15, -0.1) is 0 Å². The molecular weight excluding hydrogens is 384 g/mol. The average Bonchev–Trinajstić information content (AvgIpc) is 3.10. The third-order valence-corrected chi connectivity index (χ3v) is 5.42. The summed E-state index contributed by atoms with van der Waals surface area (Å²) in [5.41, 5.74) is 1.52. The lowest BCUT2D eigenvalue weighted by Gasteiger charge is -2.06. The van der Waals surface area contributed by atoms with Crippen LogP contribution in [0, 0.1) is 0 Å². The predicted octanol–water partition coefficient (Wildman–Crippen LogP) is 4.88. The van der Waals surface area contributed by atoms with E-state index in [-0.39, 0.29) is 5.91 Å². The van der Waals surface area contributed by atoms with Crippen molar-refractivity contribution in [2.75, 3.05) is 13.7 Å². The van der Waals surface area contributed by atoms with E-state index in [1.807, 2.05) is 65.2 Å². The van der Waals surface area contributed by atoms with Crippen molar-refractivity contribution < 1.29 is 14.3 Å². The molecule has 0 saturated heterocycles. The second-order valence-corrected chi connectivity index (χ2v) is 7.37. The molecule has 0 spiro atoms. The van der Waals surface area contributed by atoms with Gasteiger partial charge in [0.25, 0.3) is 5.91 Å². The minimum absolute atomic E-state index is 0.304. The lowest BCUT2D eigenvalue weighted by atomic mass is 10.2. The van der Waals surface area contributed by atoms with E-state index in [2.05, 4.69) is 4.99 Å². The Bertz CT molecular complexity index is 1200. The second kappa shape index (κ2) is 8.86. The highest BCUT2D eigenvalue weighted by Crippen LogP contribution is 2.22. The molecule has 4 aromatic rings. The summed E-state index contributed by atoms with van der Waals surface area (Å²) in [6.07, 6.45) is 0. The van der Waals surface area contributed by atoms with E-state index in [1.54, 1.807) is 25.3 Å². The molecule has 0 saturated carbocycles. The lowest BCUT2D eigenvalue weighted by Crippen LogP contribution is -2.19. The minimum atomic E-state index is -0.304. The summed E-state index contributed by atoms with van der Waals surface area (Å²) in [6.45, 7) is 1.17. The van der Waals surface area contributed by atoms with Crippen LogP contribution >= 0.6 is 11.3 Å². The van der Waals surface area contributed by atoms with Gasteiger partial charge in [0.1, 0.15) is 11.5 Å². The molecule has 0 fully saturated rings. The first-order chi connectivity index (χ1) is 14.2. The number of hydrogen-bond acceptors (Lipinski definition) is 4. The van der Waals surface area contributed by atoms with Gasteiger partial charge in [-0.3, -0.25) is 4.79 Å². The number of hydrogen-bond donors (Lipinski definition) is 0. The van der Waals surface area contributed by atoms with Gasteiger partial charge in [-0.1, -0.05) is 47.7 Å². The summed E-state index contributed by atoms with van der Waals surface area (Å²) in [5, 5.41) is 0. The van der Waals surface area contributed by atoms with Gasteiger partial charge < -0.3 is 14.0 Å². The van der Waals surface area contributed by atoms with Gasteiger partial charge in [-0.25, -0.2) is 0 Å². The molecule has 0 N–H and O–H groups in total. The maximum Gasteiger partial charge on any atom is 0.279 e. The lowest BCUT2D eigenvalue weighted by molar-refractivity contribution is 0.0997. The van der Waals surface area contributed by atoms with Gasteiger partial charge in [-0.05, 0) is 42.5 Å². The van der Waals surface area contributed by atoms with Crippen LogP contribution in [0.25, 0.3) is 10.2 Å². The summed E-state index contributed by atoms with van der Waals surface area (Å²) in [5.74, 6) is 1.01. The molecular formula is C23H20N2O3S. The third kappa shape index (κ3) is 4.45. The van der Waals surface area contributed by atoms with E-state index < -0.39 is 0 Å². The normalized spacial score (nSPS) is 11.7. The molecule has 6 heteroatoms. The summed E-state index contributed by atoms with van der Waals surface area (Å²) < 4.78 is 14.2. The van der Waals surface area contributed by atoms with Gasteiger partial charge in [-0.2, -0.15) is 4.99 Å². The van der Waals surface area contributed by atoms with Crippen LogP contribution < -0.4 is 9.54 Å². The molecule has 4 rings (SSSR count). The van der Waals surface area contributed by atoms with Crippen molar-refractivity contribution in [3.63, 3.8) is 0 Å². The fraction of sp³-hybridized carbons (Fsp3) is 0.130. The molecule has 0 bridgehead atoms. The van der Waals surface area contributed by atoms with Crippen LogP contribution in [0.4, 0.5) is 0 Å². The Balaban J connectivity index is 1.67. The molecule has 1 aromatic heterocycles. The molecule has 0 atom stereocenters. The standard InChI is InChI=1S/C23H20N2O3S/c1-27-15-14-25-20-12-5-6-13-21(20)29-23(25)24-22(26)17-8-7-11-19(16-17)28-18-9-3-2-4-10-18/h2-13,16H,14-15H2,1H3. The highest BCUT2D eigenvalue weighted by Gasteiger charge is 2.10. The van der Waals surface area contributed by atoms with Crippen molar-refractivity contribution in [2.24, 2.45) is 4.99 Å². The van der Waals surface area contributed by atoms with Crippen molar-refractivity contribution in [1.29, 1.82) is 0 Å². The number of carbonyl (C=O) groups excluding carboxylic acids is 1. The highest BCUT2D eigenvalue weighted by atomic mass is 32.1. The summed E-state index contributed by atoms with van der Waals surface area (Å²) in [6, 6.07) is 24.6. The number of rotatable bonds is 6. The van der Waals surface area contributed by atoms with E-state index in [9.17, 15) is 4.79 Å². The molecule has 0 aliphatic heterocycles. The number of thiazole rings is 1. The largest absolute Gasteiger partial charge is 0.457 e. The average molecular weight is 404 g/mol. The minimum Gasteiger partial charge on any atom is -0.457 e. The number of aromatic nitrogens is 1. The van der Waals surface area contributed by atoms with E-state index in [0.29, 0.717) is 29.3 Å². The smallest absolute Gasteiger partial charge is 0.279 e. The van der Waals surface area contributed by atoms with Crippen LogP contribution in [-0.2, 0) is 11.3 Å². The van der Waals surface area contributed by atoms with Crippen LogP contribution in [0.1, 0.15) is 10.4 Å². The number of amides is 1. The quantitative estimate of drug-likeness (QED) is 0.460. The Labute approximate surface area is 172 Å². The van der Waals surface area contributed by atoms with Crippen molar-refractivity contribution in [2.45, 2.75) is 6.54 Å². The van der Waals surface area contributed by atoms with E-state index >= 15 is 0 Å². The first-order valence-corrected chi connectivity index (χ1v) is 10.1. The zero-order chi connectivity index (χ0) is 20.1. The van der Waals surface area contributed by atoms with Gasteiger partial charge in [0.05, 0.1) is 16.8 Å². The molecule has 5 nitrogen and oxygen atoms in total. The first-order valence-electron chi connectivity index (χ1n) is 9.24. The Kier molecular flexibility index (Phi) is 5.84. The van der Waals surface area contributed by atoms with Crippen molar-refractivity contribution in [3.05, 3.63) is 89.2 Å². The van der Waals surface area contributed by atoms with Crippen LogP contribution in [0.3, 0.4) is 0 Å². The van der Waals surface area contributed by atoms with Crippen molar-refractivity contribution in [3.8, 4) is 11.5 Å². The number of para-hydroxylation sites is 2. The van der Waals surface area contributed by atoms with Crippen molar-refractivity contribution >= 4 is 27.5 Å². The van der Waals surface area contributed by atoms with Gasteiger partial charge >= 0.3 is 0 Å². The number of methoxy groups -OCH3 is 1. The predicted molar refractivity (Wildman–Crippen MR) is 115 cm³/mol.